The highest BCUT2D eigenvalue weighted by Crippen LogP contribution is 2.42. The van der Waals surface area contributed by atoms with E-state index >= 15 is 0 Å². The van der Waals surface area contributed by atoms with Crippen LogP contribution in [0, 0.1) is 11.8 Å². The van der Waals surface area contributed by atoms with Crippen molar-refractivity contribution in [2.75, 3.05) is 26.9 Å². The summed E-state index contributed by atoms with van der Waals surface area (Å²) in [5, 5.41) is 0. The molecule has 0 spiro atoms. The summed E-state index contributed by atoms with van der Waals surface area (Å²) < 4.78 is 30.5. The van der Waals surface area contributed by atoms with Crippen LogP contribution in [0.1, 0.15) is 341 Å². The standard InChI is InChI=1S/C67H122O7/c1-5-8-11-14-17-20-23-26-29-32-35-38-41-44-47-50-53-71-63-56-60(59-74-67(69)62-58-61(62)66(68)70-4)57-64(72-54-51-48-45-42-39-36-33-30-27-24-21-18-15-12-9-6-2)65(63)73-55-52-49-46-43-40-37-34-31-28-25-22-19-16-13-10-7-3/h56-57,61-62H,5-55,58-59H2,1-4H3/t61-,62-/m1/s1. The summed E-state index contributed by atoms with van der Waals surface area (Å²) in [7, 11) is 1.37. The number of hydrogen-bond acceptors (Lipinski definition) is 7. The van der Waals surface area contributed by atoms with Crippen molar-refractivity contribution in [3.63, 3.8) is 0 Å². The molecule has 0 N–H and O–H groups in total. The molecule has 0 heterocycles. The highest BCUT2D eigenvalue weighted by atomic mass is 16.5. The van der Waals surface area contributed by atoms with Crippen LogP contribution in [0.3, 0.4) is 0 Å². The number of esters is 2. The lowest BCUT2D eigenvalue weighted by atomic mass is 10.0. The van der Waals surface area contributed by atoms with E-state index in [9.17, 15) is 9.59 Å². The molecule has 2 rings (SSSR count). The van der Waals surface area contributed by atoms with Crippen molar-refractivity contribution in [1.82, 2.24) is 0 Å². The summed E-state index contributed by atoms with van der Waals surface area (Å²) in [4.78, 5) is 25.1. The van der Waals surface area contributed by atoms with Gasteiger partial charge in [-0.1, -0.05) is 310 Å². The Balaban J connectivity index is 1.89. The predicted octanol–water partition coefficient (Wildman–Crippen LogP) is 21.5. The molecule has 74 heavy (non-hydrogen) atoms. The molecule has 0 amide bonds. The van der Waals surface area contributed by atoms with Gasteiger partial charge in [-0.3, -0.25) is 9.59 Å². The quantitative estimate of drug-likeness (QED) is 0.0475. The van der Waals surface area contributed by atoms with Gasteiger partial charge in [0.2, 0.25) is 5.75 Å². The average molecular weight is 1040 g/mol. The van der Waals surface area contributed by atoms with Crippen LogP contribution < -0.4 is 14.2 Å². The van der Waals surface area contributed by atoms with Crippen LogP contribution in [0.15, 0.2) is 12.1 Å². The van der Waals surface area contributed by atoms with Crippen molar-refractivity contribution in [3.8, 4) is 17.2 Å². The van der Waals surface area contributed by atoms with Gasteiger partial charge in [0.25, 0.3) is 0 Å². The summed E-state index contributed by atoms with van der Waals surface area (Å²) in [6, 6.07) is 3.96. The third kappa shape index (κ3) is 39.0. The summed E-state index contributed by atoms with van der Waals surface area (Å²) in [5.74, 6) is 0.518. The fourth-order valence-corrected chi connectivity index (χ4v) is 10.7. The number of unbranched alkanes of at least 4 members (excludes halogenated alkanes) is 45. The van der Waals surface area contributed by atoms with Crippen molar-refractivity contribution >= 4 is 11.9 Å². The number of ether oxygens (including phenoxy) is 5. The third-order valence-corrected chi connectivity index (χ3v) is 15.8. The van der Waals surface area contributed by atoms with Gasteiger partial charge in [-0.2, -0.15) is 0 Å². The van der Waals surface area contributed by atoms with E-state index in [-0.39, 0.29) is 18.5 Å². The van der Waals surface area contributed by atoms with Crippen LogP contribution in [0.2, 0.25) is 0 Å². The van der Waals surface area contributed by atoms with E-state index in [0.29, 0.717) is 43.5 Å². The fraction of sp³-hybridized carbons (Fsp3) is 0.881. The predicted molar refractivity (Wildman–Crippen MR) is 315 cm³/mol. The van der Waals surface area contributed by atoms with Gasteiger partial charge in [0, 0.05) is 0 Å². The van der Waals surface area contributed by atoms with Crippen molar-refractivity contribution in [1.29, 1.82) is 0 Å². The van der Waals surface area contributed by atoms with Gasteiger partial charge < -0.3 is 23.7 Å². The largest absolute Gasteiger partial charge is 0.490 e. The molecular weight excluding hydrogens is 917 g/mol. The summed E-state index contributed by atoms with van der Waals surface area (Å²) >= 11 is 0. The van der Waals surface area contributed by atoms with Crippen molar-refractivity contribution in [3.05, 3.63) is 17.7 Å². The zero-order valence-corrected chi connectivity index (χ0v) is 49.6. The SMILES string of the molecule is CCCCCCCCCCCCCCCCCCOc1cc(COC(=O)[C@@H]2C[C@H]2C(=O)OC)cc(OCCCCCCCCCCCCCCCCCC)c1OCCCCCCCCCCCCCCCCCC. The molecule has 1 aliphatic carbocycles. The second-order valence-corrected chi connectivity index (χ2v) is 23.0. The van der Waals surface area contributed by atoms with Crippen LogP contribution in [-0.2, 0) is 25.7 Å². The molecule has 0 bridgehead atoms. The van der Waals surface area contributed by atoms with Gasteiger partial charge in [-0.05, 0) is 43.4 Å². The monoisotopic (exact) mass is 1040 g/mol. The number of carbonyl (C=O) groups excluding carboxylic acids is 2. The van der Waals surface area contributed by atoms with Gasteiger partial charge in [-0.15, -0.1) is 0 Å². The highest BCUT2D eigenvalue weighted by Gasteiger charge is 2.50. The first-order valence-corrected chi connectivity index (χ1v) is 32.8. The number of methoxy groups -OCH3 is 1. The topological polar surface area (TPSA) is 80.3 Å². The molecule has 1 fully saturated rings. The van der Waals surface area contributed by atoms with E-state index in [1.54, 1.807) is 0 Å². The smallest absolute Gasteiger partial charge is 0.310 e. The van der Waals surface area contributed by atoms with Crippen LogP contribution in [0.4, 0.5) is 0 Å². The fourth-order valence-electron chi connectivity index (χ4n) is 10.7. The Bertz CT molecular complexity index is 1340. The van der Waals surface area contributed by atoms with E-state index < -0.39 is 11.8 Å². The van der Waals surface area contributed by atoms with E-state index in [2.05, 4.69) is 20.8 Å². The minimum absolute atomic E-state index is 0.0907. The molecule has 0 saturated heterocycles. The van der Waals surface area contributed by atoms with Gasteiger partial charge in [0.15, 0.2) is 11.5 Å². The summed E-state index contributed by atoms with van der Waals surface area (Å²) in [6.07, 6.45) is 64.6. The Morgan fingerprint density at radius 2 is 0.595 bits per heavy atom. The van der Waals surface area contributed by atoms with Gasteiger partial charge in [0.1, 0.15) is 6.61 Å². The molecule has 1 aromatic rings. The molecule has 1 saturated carbocycles. The molecule has 0 aromatic heterocycles. The Hall–Kier alpha value is -2.44. The second-order valence-electron chi connectivity index (χ2n) is 23.0. The molecule has 1 aliphatic rings. The minimum atomic E-state index is -0.430. The van der Waals surface area contributed by atoms with E-state index in [4.69, 9.17) is 23.7 Å². The highest BCUT2D eigenvalue weighted by molar-refractivity contribution is 5.87. The lowest BCUT2D eigenvalue weighted by Gasteiger charge is -2.19. The molecule has 0 aliphatic heterocycles. The van der Waals surface area contributed by atoms with Crippen molar-refractivity contribution in [2.45, 2.75) is 342 Å². The zero-order valence-electron chi connectivity index (χ0n) is 49.6. The van der Waals surface area contributed by atoms with Crippen LogP contribution in [0.25, 0.3) is 0 Å². The van der Waals surface area contributed by atoms with Crippen LogP contribution in [-0.4, -0.2) is 38.9 Å². The summed E-state index contributed by atoms with van der Waals surface area (Å²) in [6.45, 7) is 8.81. The first-order chi connectivity index (χ1) is 36.5. The molecule has 0 radical (unpaired) electrons. The van der Waals surface area contributed by atoms with Gasteiger partial charge in [0.05, 0.1) is 38.8 Å². The van der Waals surface area contributed by atoms with Crippen molar-refractivity contribution in [2.24, 2.45) is 11.8 Å². The molecule has 7 nitrogen and oxygen atoms in total. The normalized spacial score (nSPS) is 14.1. The number of hydrogen-bond donors (Lipinski definition) is 0. The van der Waals surface area contributed by atoms with Gasteiger partial charge >= 0.3 is 11.9 Å². The Labute approximate surface area is 459 Å². The Morgan fingerprint density at radius 1 is 0.351 bits per heavy atom. The minimum Gasteiger partial charge on any atom is -0.490 e. The number of benzene rings is 1. The maximum absolute atomic E-state index is 13.0. The maximum atomic E-state index is 13.0. The van der Waals surface area contributed by atoms with Gasteiger partial charge in [-0.25, -0.2) is 0 Å². The molecule has 432 valence electrons. The molecule has 2 atom stereocenters. The maximum Gasteiger partial charge on any atom is 0.310 e. The van der Waals surface area contributed by atoms with E-state index in [0.717, 1.165) is 44.1 Å². The summed E-state index contributed by atoms with van der Waals surface area (Å²) in [5.41, 5.74) is 0.812. The molecule has 1 aromatic carbocycles. The zero-order chi connectivity index (χ0) is 53.0. The molecule has 7 heteroatoms. The lowest BCUT2D eigenvalue weighted by molar-refractivity contribution is -0.150. The number of carbonyl (C=O) groups is 2. The Kier molecular flexibility index (Phi) is 46.9. The first kappa shape index (κ1) is 67.7. The van der Waals surface area contributed by atoms with Crippen molar-refractivity contribution < 1.29 is 33.3 Å². The Morgan fingerprint density at radius 3 is 0.865 bits per heavy atom. The van der Waals surface area contributed by atoms with Crippen LogP contribution in [0.5, 0.6) is 17.2 Å². The van der Waals surface area contributed by atoms with E-state index in [1.165, 1.54) is 277 Å². The second kappa shape index (κ2) is 51.3. The first-order valence-electron chi connectivity index (χ1n) is 32.8. The molecule has 0 unspecified atom stereocenters. The van der Waals surface area contributed by atoms with E-state index in [1.807, 2.05) is 12.1 Å². The number of rotatable bonds is 58. The molecular formula is C67H122O7. The van der Waals surface area contributed by atoms with Crippen LogP contribution >= 0.6 is 0 Å². The third-order valence-electron chi connectivity index (χ3n) is 15.8. The average Bonchev–Trinajstić information content (AvgIpc) is 4.22. The lowest BCUT2D eigenvalue weighted by Crippen LogP contribution is -2.13.